The number of imidazole rings is 2. The summed E-state index contributed by atoms with van der Waals surface area (Å²) in [5.41, 5.74) is 3.98. The van der Waals surface area contributed by atoms with E-state index in [4.69, 9.17) is 5.26 Å². The van der Waals surface area contributed by atoms with Crippen LogP contribution in [0.1, 0.15) is 26.3 Å². The number of para-hydroxylation sites is 1. The van der Waals surface area contributed by atoms with Gasteiger partial charge >= 0.3 is 0 Å². The van der Waals surface area contributed by atoms with Gasteiger partial charge < -0.3 is 9.97 Å². The Balaban J connectivity index is 1.39. The molecular formula is C25H17N7O2. The summed E-state index contributed by atoms with van der Waals surface area (Å²) in [4.78, 5) is 39.8. The molecule has 0 saturated carbocycles. The molecule has 5 rings (SSSR count). The van der Waals surface area contributed by atoms with E-state index in [1.165, 1.54) is 6.20 Å². The third-order valence-corrected chi connectivity index (χ3v) is 5.17. The topological polar surface area (TPSA) is 139 Å². The summed E-state index contributed by atoms with van der Waals surface area (Å²) >= 11 is 0. The largest absolute Gasteiger partial charge is 0.331 e. The maximum absolute atomic E-state index is 12.9. The number of aromatic nitrogens is 4. The minimum Gasteiger partial charge on any atom is -0.331 e. The molecule has 3 aromatic carbocycles. The highest BCUT2D eigenvalue weighted by Gasteiger charge is 2.16. The SMILES string of the molecule is N#Cc1cccc(-c2cccc(C(=O)Nc3nc4c(C(=O)Nc5ncc[nH]5)cccc4[nH]3)c2)c1. The van der Waals surface area contributed by atoms with Gasteiger partial charge in [-0.1, -0.05) is 30.3 Å². The van der Waals surface area contributed by atoms with Gasteiger partial charge in [0.1, 0.15) is 5.52 Å². The van der Waals surface area contributed by atoms with E-state index < -0.39 is 0 Å². The molecule has 0 saturated heterocycles. The highest BCUT2D eigenvalue weighted by atomic mass is 16.2. The molecule has 0 bridgehead atoms. The molecule has 4 N–H and O–H groups in total. The van der Waals surface area contributed by atoms with Crippen LogP contribution in [0.25, 0.3) is 22.2 Å². The molecule has 0 unspecified atom stereocenters. The average molecular weight is 447 g/mol. The Bertz CT molecular complexity index is 1560. The van der Waals surface area contributed by atoms with Crippen molar-refractivity contribution in [2.75, 3.05) is 10.6 Å². The van der Waals surface area contributed by atoms with Crippen molar-refractivity contribution in [1.29, 1.82) is 5.26 Å². The molecule has 164 valence electrons. The summed E-state index contributed by atoms with van der Waals surface area (Å²) in [6.45, 7) is 0. The first-order valence-corrected chi connectivity index (χ1v) is 10.3. The minimum absolute atomic E-state index is 0.218. The van der Waals surface area contributed by atoms with Crippen LogP contribution < -0.4 is 10.6 Å². The van der Waals surface area contributed by atoms with Crippen molar-refractivity contribution < 1.29 is 9.59 Å². The van der Waals surface area contributed by atoms with E-state index in [0.717, 1.165) is 11.1 Å². The van der Waals surface area contributed by atoms with Gasteiger partial charge in [-0.05, 0) is 47.5 Å². The van der Waals surface area contributed by atoms with E-state index in [-0.39, 0.29) is 17.8 Å². The molecular weight excluding hydrogens is 430 g/mol. The zero-order chi connectivity index (χ0) is 23.5. The molecule has 0 aliphatic heterocycles. The lowest BCUT2D eigenvalue weighted by atomic mass is 10.0. The summed E-state index contributed by atoms with van der Waals surface area (Å²) in [6, 6.07) is 21.5. The Labute approximate surface area is 193 Å². The summed E-state index contributed by atoms with van der Waals surface area (Å²) in [7, 11) is 0. The van der Waals surface area contributed by atoms with Gasteiger partial charge in [-0.3, -0.25) is 20.2 Å². The van der Waals surface area contributed by atoms with Crippen LogP contribution in [0, 0.1) is 11.3 Å². The van der Waals surface area contributed by atoms with Crippen molar-refractivity contribution in [3.05, 3.63) is 95.8 Å². The molecule has 2 aromatic heterocycles. The Morgan fingerprint density at radius 3 is 2.44 bits per heavy atom. The van der Waals surface area contributed by atoms with Gasteiger partial charge in [0.15, 0.2) is 0 Å². The number of H-pyrrole nitrogens is 2. The van der Waals surface area contributed by atoms with Crippen molar-refractivity contribution in [2.24, 2.45) is 0 Å². The number of nitrogens with one attached hydrogen (secondary N) is 4. The third kappa shape index (κ3) is 4.11. The molecule has 5 aromatic rings. The van der Waals surface area contributed by atoms with E-state index in [0.29, 0.717) is 33.7 Å². The Morgan fingerprint density at radius 2 is 1.65 bits per heavy atom. The van der Waals surface area contributed by atoms with Gasteiger partial charge in [-0.25, -0.2) is 9.97 Å². The molecule has 0 atom stereocenters. The van der Waals surface area contributed by atoms with E-state index >= 15 is 0 Å². The second-order valence-corrected chi connectivity index (χ2v) is 7.41. The van der Waals surface area contributed by atoms with Crippen molar-refractivity contribution in [1.82, 2.24) is 19.9 Å². The predicted octanol–water partition coefficient (Wildman–Crippen LogP) is 4.33. The molecule has 0 aliphatic rings. The van der Waals surface area contributed by atoms with Crippen LogP contribution in [0.4, 0.5) is 11.9 Å². The lowest BCUT2D eigenvalue weighted by Gasteiger charge is -2.06. The zero-order valence-electron chi connectivity index (χ0n) is 17.7. The quantitative estimate of drug-likeness (QED) is 0.318. The number of hydrogen-bond donors (Lipinski definition) is 4. The van der Waals surface area contributed by atoms with Crippen LogP contribution >= 0.6 is 0 Å². The van der Waals surface area contributed by atoms with Gasteiger partial charge in [0.25, 0.3) is 11.8 Å². The van der Waals surface area contributed by atoms with Crippen LogP contribution in [0.5, 0.6) is 0 Å². The second kappa shape index (κ2) is 8.72. The van der Waals surface area contributed by atoms with Gasteiger partial charge in [-0.15, -0.1) is 0 Å². The molecule has 0 spiro atoms. The van der Waals surface area contributed by atoms with Crippen molar-refractivity contribution in [3.63, 3.8) is 0 Å². The van der Waals surface area contributed by atoms with Crippen LogP contribution in [0.15, 0.2) is 79.1 Å². The lowest BCUT2D eigenvalue weighted by Crippen LogP contribution is -2.14. The van der Waals surface area contributed by atoms with Crippen molar-refractivity contribution >= 4 is 34.7 Å². The van der Waals surface area contributed by atoms with Crippen LogP contribution in [-0.2, 0) is 0 Å². The maximum atomic E-state index is 12.9. The Kier molecular flexibility index (Phi) is 5.30. The van der Waals surface area contributed by atoms with Gasteiger partial charge in [0.2, 0.25) is 11.9 Å². The van der Waals surface area contributed by atoms with Crippen LogP contribution in [-0.4, -0.2) is 31.8 Å². The Hall–Kier alpha value is -5.23. The Morgan fingerprint density at radius 1 is 0.882 bits per heavy atom. The van der Waals surface area contributed by atoms with Gasteiger partial charge in [-0.2, -0.15) is 5.26 Å². The fourth-order valence-electron chi connectivity index (χ4n) is 3.57. The first-order chi connectivity index (χ1) is 16.6. The molecule has 0 aliphatic carbocycles. The number of aromatic amines is 2. The van der Waals surface area contributed by atoms with E-state index in [2.05, 4.69) is 36.6 Å². The number of amides is 2. The summed E-state index contributed by atoms with van der Waals surface area (Å²) in [5, 5.41) is 14.6. The first-order valence-electron chi connectivity index (χ1n) is 10.3. The summed E-state index contributed by atoms with van der Waals surface area (Å²) in [6.07, 6.45) is 3.14. The highest BCUT2D eigenvalue weighted by Crippen LogP contribution is 2.23. The minimum atomic E-state index is -0.378. The van der Waals surface area contributed by atoms with E-state index in [9.17, 15) is 9.59 Å². The third-order valence-electron chi connectivity index (χ3n) is 5.17. The number of carbonyl (C=O) groups excluding carboxylic acids is 2. The number of benzene rings is 3. The second-order valence-electron chi connectivity index (χ2n) is 7.41. The number of rotatable bonds is 5. The molecule has 2 heterocycles. The molecule has 34 heavy (non-hydrogen) atoms. The maximum Gasteiger partial charge on any atom is 0.260 e. The van der Waals surface area contributed by atoms with Crippen molar-refractivity contribution in [2.45, 2.75) is 0 Å². The number of fused-ring (bicyclic) bond motifs is 1. The number of nitriles is 1. The van der Waals surface area contributed by atoms with E-state index in [1.54, 1.807) is 60.8 Å². The van der Waals surface area contributed by atoms with Gasteiger partial charge in [0.05, 0.1) is 22.7 Å². The number of nitrogens with zero attached hydrogens (tertiary/aromatic N) is 3. The highest BCUT2D eigenvalue weighted by molar-refractivity contribution is 6.11. The van der Waals surface area contributed by atoms with Crippen LogP contribution in [0.3, 0.4) is 0 Å². The molecule has 0 radical (unpaired) electrons. The summed E-state index contributed by atoms with van der Waals surface area (Å²) in [5.74, 6) is -0.197. The fourth-order valence-corrected chi connectivity index (χ4v) is 3.57. The number of hydrogen-bond acceptors (Lipinski definition) is 5. The standard InChI is InChI=1S/C25H17N7O2/c26-14-15-4-1-5-16(12-15)17-6-2-7-18(13-17)22(33)31-25-29-20-9-3-8-19(21(20)30-25)23(34)32-24-27-10-11-28-24/h1-13H,(H2,27,28,32,34)(H2,29,30,31,33). The fraction of sp³-hybridized carbons (Fsp3) is 0. The number of anilines is 2. The molecule has 9 heteroatoms. The lowest BCUT2D eigenvalue weighted by molar-refractivity contribution is 0.101. The smallest absolute Gasteiger partial charge is 0.260 e. The average Bonchev–Trinajstić information content (AvgIpc) is 3.53. The molecule has 9 nitrogen and oxygen atoms in total. The normalized spacial score (nSPS) is 10.6. The van der Waals surface area contributed by atoms with Crippen LogP contribution in [0.2, 0.25) is 0 Å². The molecule has 2 amide bonds. The van der Waals surface area contributed by atoms with Gasteiger partial charge in [0, 0.05) is 18.0 Å². The van der Waals surface area contributed by atoms with Crippen molar-refractivity contribution in [3.8, 4) is 17.2 Å². The first kappa shape index (κ1) is 20.7. The molecule has 0 fully saturated rings. The monoisotopic (exact) mass is 447 g/mol. The predicted molar refractivity (Wildman–Crippen MR) is 127 cm³/mol. The zero-order valence-corrected chi connectivity index (χ0v) is 17.7. The summed E-state index contributed by atoms with van der Waals surface area (Å²) < 4.78 is 0. The van der Waals surface area contributed by atoms with E-state index in [1.807, 2.05) is 12.1 Å². The number of carbonyl (C=O) groups is 2.